The van der Waals surface area contributed by atoms with Crippen molar-refractivity contribution >= 4 is 0 Å². The van der Waals surface area contributed by atoms with Crippen LogP contribution in [0.25, 0.3) is 0 Å². The highest BCUT2D eigenvalue weighted by Crippen LogP contribution is 2.14. The molecular formula is C12H17O3. The number of benzene rings is 1. The van der Waals surface area contributed by atoms with E-state index in [2.05, 4.69) is 0 Å². The van der Waals surface area contributed by atoms with E-state index in [1.54, 1.807) is 7.11 Å². The summed E-state index contributed by atoms with van der Waals surface area (Å²) in [6, 6.07) is 7.91. The second-order valence-electron chi connectivity index (χ2n) is 2.99. The van der Waals surface area contributed by atoms with Crippen LogP contribution >= 0.6 is 0 Å². The minimum Gasteiger partial charge on any atom is -0.494 e. The zero-order valence-electron chi connectivity index (χ0n) is 9.23. The molecule has 3 heteroatoms. The Morgan fingerprint density at radius 3 is 2.93 bits per heavy atom. The first-order valence-electron chi connectivity index (χ1n) is 4.99. The highest BCUT2D eigenvalue weighted by molar-refractivity contribution is 5.32. The lowest BCUT2D eigenvalue weighted by molar-refractivity contribution is -0.0213. The van der Waals surface area contributed by atoms with E-state index in [1.807, 2.05) is 37.6 Å². The number of hydrogen-bond acceptors (Lipinski definition) is 3. The Labute approximate surface area is 91.0 Å². The van der Waals surface area contributed by atoms with Crippen molar-refractivity contribution in [3.05, 3.63) is 36.2 Å². The Morgan fingerprint density at radius 2 is 2.20 bits per heavy atom. The van der Waals surface area contributed by atoms with Gasteiger partial charge in [-0.1, -0.05) is 12.1 Å². The first-order chi connectivity index (χ1) is 7.36. The summed E-state index contributed by atoms with van der Waals surface area (Å²) in [5.41, 5.74) is 1.09. The van der Waals surface area contributed by atoms with Crippen molar-refractivity contribution in [1.29, 1.82) is 0 Å². The van der Waals surface area contributed by atoms with Gasteiger partial charge < -0.3 is 14.2 Å². The second-order valence-corrected chi connectivity index (χ2v) is 2.99. The van der Waals surface area contributed by atoms with E-state index >= 15 is 0 Å². The molecule has 0 saturated carbocycles. The predicted molar refractivity (Wildman–Crippen MR) is 58.8 cm³/mol. The molecule has 0 bridgehead atoms. The minimum absolute atomic E-state index is 0.321. The first-order valence-corrected chi connectivity index (χ1v) is 4.99. The molecule has 1 aromatic carbocycles. The molecule has 0 saturated heterocycles. The van der Waals surface area contributed by atoms with Crippen LogP contribution in [0.2, 0.25) is 0 Å². The maximum Gasteiger partial charge on any atom is 0.146 e. The van der Waals surface area contributed by atoms with Gasteiger partial charge in [0.25, 0.3) is 0 Å². The number of hydrogen-bond donors (Lipinski definition) is 0. The van der Waals surface area contributed by atoms with E-state index in [0.717, 1.165) is 11.3 Å². The largest absolute Gasteiger partial charge is 0.494 e. The summed E-state index contributed by atoms with van der Waals surface area (Å²) in [6.07, 6.45) is 1.99. The Morgan fingerprint density at radius 1 is 1.33 bits per heavy atom. The lowest BCUT2D eigenvalue weighted by atomic mass is 10.1. The fourth-order valence-electron chi connectivity index (χ4n) is 1.18. The van der Waals surface area contributed by atoms with Crippen molar-refractivity contribution in [2.45, 2.75) is 6.92 Å². The zero-order valence-corrected chi connectivity index (χ0v) is 9.23. The molecule has 0 fully saturated rings. The van der Waals surface area contributed by atoms with Crippen LogP contribution in [-0.2, 0) is 9.47 Å². The van der Waals surface area contributed by atoms with Crippen LogP contribution < -0.4 is 4.74 Å². The van der Waals surface area contributed by atoms with Crippen LogP contribution in [0.1, 0.15) is 12.5 Å². The monoisotopic (exact) mass is 209 g/mol. The van der Waals surface area contributed by atoms with Crippen molar-refractivity contribution in [2.75, 3.05) is 27.1 Å². The zero-order chi connectivity index (χ0) is 10.9. The number of ether oxygens (including phenoxy) is 3. The van der Waals surface area contributed by atoms with Crippen LogP contribution in [0, 0.1) is 6.42 Å². The Hall–Kier alpha value is -1.06. The molecule has 15 heavy (non-hydrogen) atoms. The maximum atomic E-state index is 5.39. The molecule has 0 heterocycles. The second kappa shape index (κ2) is 7.26. The van der Waals surface area contributed by atoms with Gasteiger partial charge in [0.05, 0.1) is 13.2 Å². The molecule has 1 radical (unpaired) electrons. The summed E-state index contributed by atoms with van der Waals surface area (Å²) in [5.74, 6) is 0.887. The molecule has 83 valence electrons. The Kier molecular flexibility index (Phi) is 5.81. The summed E-state index contributed by atoms with van der Waals surface area (Å²) in [7, 11) is 1.61. The Bertz CT molecular complexity index is 273. The van der Waals surface area contributed by atoms with Gasteiger partial charge in [0.1, 0.15) is 12.5 Å². The van der Waals surface area contributed by atoms with Crippen molar-refractivity contribution in [3.63, 3.8) is 0 Å². The van der Waals surface area contributed by atoms with E-state index in [1.165, 1.54) is 0 Å². The third-order valence-corrected chi connectivity index (χ3v) is 1.81. The summed E-state index contributed by atoms with van der Waals surface area (Å²) in [4.78, 5) is 0. The maximum absolute atomic E-state index is 5.39. The quantitative estimate of drug-likeness (QED) is 0.509. The summed E-state index contributed by atoms with van der Waals surface area (Å²) in [5, 5.41) is 0. The van der Waals surface area contributed by atoms with E-state index in [-0.39, 0.29) is 0 Å². The van der Waals surface area contributed by atoms with Crippen LogP contribution in [0.4, 0.5) is 0 Å². The normalized spacial score (nSPS) is 10.3. The fraction of sp³-hybridized carbons (Fsp3) is 0.417. The standard InChI is InChI=1S/C12H17O3/c1-3-15-12-6-4-5-11(9-12)7-8-14-10-13-2/h4-7,9H,3,8,10H2,1-2H3. The molecule has 0 aliphatic carbocycles. The summed E-state index contributed by atoms with van der Waals surface area (Å²) < 4.78 is 15.3. The van der Waals surface area contributed by atoms with Gasteiger partial charge in [-0.25, -0.2) is 0 Å². The topological polar surface area (TPSA) is 27.7 Å². The van der Waals surface area contributed by atoms with Gasteiger partial charge in [-0.2, -0.15) is 0 Å². The van der Waals surface area contributed by atoms with Crippen LogP contribution in [-0.4, -0.2) is 27.1 Å². The van der Waals surface area contributed by atoms with Crippen LogP contribution in [0.15, 0.2) is 24.3 Å². The van der Waals surface area contributed by atoms with Crippen molar-refractivity contribution in [2.24, 2.45) is 0 Å². The molecule has 0 unspecified atom stereocenters. The summed E-state index contributed by atoms with van der Waals surface area (Å²) in [6.45, 7) is 3.52. The smallest absolute Gasteiger partial charge is 0.146 e. The molecule has 0 atom stereocenters. The average molecular weight is 209 g/mol. The van der Waals surface area contributed by atoms with Gasteiger partial charge in [-0.05, 0) is 24.6 Å². The molecule has 0 aromatic heterocycles. The van der Waals surface area contributed by atoms with Gasteiger partial charge in [-0.15, -0.1) is 0 Å². The molecule has 0 N–H and O–H groups in total. The highest BCUT2D eigenvalue weighted by atomic mass is 16.7. The van der Waals surface area contributed by atoms with E-state index in [0.29, 0.717) is 20.0 Å². The van der Waals surface area contributed by atoms with Gasteiger partial charge in [-0.3, -0.25) is 0 Å². The predicted octanol–water partition coefficient (Wildman–Crippen LogP) is 2.26. The molecule has 0 aliphatic rings. The van der Waals surface area contributed by atoms with Gasteiger partial charge >= 0.3 is 0 Å². The van der Waals surface area contributed by atoms with E-state index in [4.69, 9.17) is 14.2 Å². The number of rotatable bonds is 7. The molecule has 3 nitrogen and oxygen atoms in total. The van der Waals surface area contributed by atoms with Gasteiger partial charge in [0.2, 0.25) is 0 Å². The molecule has 0 spiro atoms. The molecule has 0 amide bonds. The molecule has 1 aromatic rings. The van der Waals surface area contributed by atoms with Gasteiger partial charge in [0.15, 0.2) is 0 Å². The van der Waals surface area contributed by atoms with E-state index < -0.39 is 0 Å². The summed E-state index contributed by atoms with van der Waals surface area (Å²) >= 11 is 0. The first kappa shape index (κ1) is 12.0. The molecule has 0 aliphatic heterocycles. The average Bonchev–Trinajstić information content (AvgIpc) is 2.26. The van der Waals surface area contributed by atoms with Crippen molar-refractivity contribution in [3.8, 4) is 5.75 Å². The SMILES string of the molecule is CCOc1cccc([CH]COCOC)c1. The van der Waals surface area contributed by atoms with Crippen molar-refractivity contribution in [1.82, 2.24) is 0 Å². The van der Waals surface area contributed by atoms with Crippen molar-refractivity contribution < 1.29 is 14.2 Å². The third kappa shape index (κ3) is 4.81. The van der Waals surface area contributed by atoms with Crippen LogP contribution in [0.3, 0.4) is 0 Å². The number of methoxy groups -OCH3 is 1. The van der Waals surface area contributed by atoms with Crippen LogP contribution in [0.5, 0.6) is 5.75 Å². The highest BCUT2D eigenvalue weighted by Gasteiger charge is 1.96. The third-order valence-electron chi connectivity index (χ3n) is 1.81. The molecular weight excluding hydrogens is 192 g/mol. The fourth-order valence-corrected chi connectivity index (χ4v) is 1.18. The minimum atomic E-state index is 0.321. The Balaban J connectivity index is 2.36. The lowest BCUT2D eigenvalue weighted by Crippen LogP contribution is -2.00. The molecule has 1 rings (SSSR count). The lowest BCUT2D eigenvalue weighted by Gasteiger charge is -2.06. The van der Waals surface area contributed by atoms with E-state index in [9.17, 15) is 0 Å². The van der Waals surface area contributed by atoms with Gasteiger partial charge in [0, 0.05) is 13.5 Å².